The highest BCUT2D eigenvalue weighted by Crippen LogP contribution is 2.38. The summed E-state index contributed by atoms with van der Waals surface area (Å²) in [4.78, 5) is 4.98. The highest BCUT2D eigenvalue weighted by molar-refractivity contribution is 7.98. The van der Waals surface area contributed by atoms with Crippen LogP contribution in [0.3, 0.4) is 0 Å². The summed E-state index contributed by atoms with van der Waals surface area (Å²) in [6.07, 6.45) is 2.96. The van der Waals surface area contributed by atoms with Gasteiger partial charge in [-0.05, 0) is 59.1 Å². The van der Waals surface area contributed by atoms with Crippen LogP contribution in [0.1, 0.15) is 55.0 Å². The normalized spacial score (nSPS) is 13.2. The molecule has 0 fully saturated rings. The molecule has 1 heterocycles. The van der Waals surface area contributed by atoms with E-state index in [4.69, 9.17) is 4.98 Å². The number of rotatable bonds is 4. The van der Waals surface area contributed by atoms with Gasteiger partial charge in [0.15, 0.2) is 0 Å². The third-order valence-electron chi connectivity index (χ3n) is 5.66. The molecule has 0 aliphatic heterocycles. The maximum absolute atomic E-state index is 13.2. The predicted octanol–water partition coefficient (Wildman–Crippen LogP) is 6.84. The van der Waals surface area contributed by atoms with Crippen molar-refractivity contribution in [3.8, 4) is 17.3 Å². The van der Waals surface area contributed by atoms with Gasteiger partial charge < -0.3 is 0 Å². The van der Waals surface area contributed by atoms with E-state index in [1.165, 1.54) is 23.3 Å². The number of pyridine rings is 1. The van der Waals surface area contributed by atoms with Crippen LogP contribution in [-0.4, -0.2) is 4.98 Å². The highest BCUT2D eigenvalue weighted by Gasteiger charge is 2.24. The van der Waals surface area contributed by atoms with Crippen molar-refractivity contribution in [2.45, 2.75) is 56.2 Å². The summed E-state index contributed by atoms with van der Waals surface area (Å²) in [5.41, 5.74) is 7.62. The zero-order chi connectivity index (χ0) is 21.3. The Morgan fingerprint density at radius 1 is 1.00 bits per heavy atom. The van der Waals surface area contributed by atoms with Gasteiger partial charge in [0.25, 0.3) is 0 Å². The largest absolute Gasteiger partial charge is 0.240 e. The lowest BCUT2D eigenvalue weighted by Gasteiger charge is -2.19. The van der Waals surface area contributed by atoms with E-state index in [-0.39, 0.29) is 11.2 Å². The molecule has 1 aliphatic carbocycles. The molecule has 30 heavy (non-hydrogen) atoms. The Morgan fingerprint density at radius 3 is 2.30 bits per heavy atom. The molecule has 0 radical (unpaired) electrons. The lowest BCUT2D eigenvalue weighted by Crippen LogP contribution is -2.10. The summed E-state index contributed by atoms with van der Waals surface area (Å²) < 4.78 is 13.2. The molecule has 2 aromatic carbocycles. The average Bonchev–Trinajstić information content (AvgIpc) is 3.21. The lowest BCUT2D eigenvalue weighted by molar-refractivity contribution is 0.590. The van der Waals surface area contributed by atoms with Crippen molar-refractivity contribution in [1.29, 1.82) is 5.26 Å². The Hall–Kier alpha value is -2.64. The Labute approximate surface area is 182 Å². The van der Waals surface area contributed by atoms with Crippen molar-refractivity contribution in [3.63, 3.8) is 0 Å². The van der Waals surface area contributed by atoms with Crippen molar-refractivity contribution in [2.24, 2.45) is 0 Å². The number of halogens is 1. The van der Waals surface area contributed by atoms with Gasteiger partial charge in [0.05, 0.1) is 11.3 Å². The van der Waals surface area contributed by atoms with E-state index in [1.807, 2.05) is 0 Å². The van der Waals surface area contributed by atoms with Crippen LogP contribution in [-0.2, 0) is 24.0 Å². The molecule has 2 nitrogen and oxygen atoms in total. The molecule has 4 rings (SSSR count). The first kappa shape index (κ1) is 20.6. The minimum atomic E-state index is -0.238. The fourth-order valence-electron chi connectivity index (χ4n) is 3.95. The molecule has 0 unspecified atom stereocenters. The van der Waals surface area contributed by atoms with Gasteiger partial charge in [0, 0.05) is 11.3 Å². The van der Waals surface area contributed by atoms with E-state index in [1.54, 1.807) is 23.9 Å². The quantitative estimate of drug-likeness (QED) is 0.437. The molecule has 0 spiro atoms. The predicted molar refractivity (Wildman–Crippen MR) is 121 cm³/mol. The molecule has 3 aromatic rings. The SMILES string of the molecule is CC(C)(C)c1ccc(-c2nc(SCc3ccc(F)cc3)c(C#N)c3c2CCC3)cc1. The number of nitriles is 1. The molecule has 152 valence electrons. The maximum atomic E-state index is 13.2. The van der Waals surface area contributed by atoms with Gasteiger partial charge in [-0.25, -0.2) is 9.37 Å². The van der Waals surface area contributed by atoms with Gasteiger partial charge in [0.2, 0.25) is 0 Å². The van der Waals surface area contributed by atoms with Crippen molar-refractivity contribution >= 4 is 11.8 Å². The van der Waals surface area contributed by atoms with Gasteiger partial charge in [0.1, 0.15) is 16.9 Å². The third-order valence-corrected chi connectivity index (χ3v) is 6.70. The topological polar surface area (TPSA) is 36.7 Å². The maximum Gasteiger partial charge on any atom is 0.123 e. The second-order valence-corrected chi connectivity index (χ2v) is 9.77. The van der Waals surface area contributed by atoms with Crippen LogP contribution in [0.4, 0.5) is 4.39 Å². The molecule has 0 bridgehead atoms. The Kier molecular flexibility index (Phi) is 5.66. The van der Waals surface area contributed by atoms with Gasteiger partial charge in [-0.3, -0.25) is 0 Å². The first-order chi connectivity index (χ1) is 14.4. The minimum Gasteiger partial charge on any atom is -0.240 e. The second kappa shape index (κ2) is 8.24. The van der Waals surface area contributed by atoms with Crippen LogP contribution >= 0.6 is 11.8 Å². The number of fused-ring (bicyclic) bond motifs is 1. The van der Waals surface area contributed by atoms with Crippen molar-refractivity contribution in [1.82, 2.24) is 4.98 Å². The van der Waals surface area contributed by atoms with E-state index in [0.29, 0.717) is 11.3 Å². The van der Waals surface area contributed by atoms with E-state index >= 15 is 0 Å². The molecular weight excluding hydrogens is 391 g/mol. The van der Waals surface area contributed by atoms with Gasteiger partial charge in [-0.1, -0.05) is 57.2 Å². The molecule has 0 atom stereocenters. The summed E-state index contributed by atoms with van der Waals surface area (Å²) in [5.74, 6) is 0.418. The molecule has 0 saturated carbocycles. The Balaban J connectivity index is 1.72. The van der Waals surface area contributed by atoms with Crippen molar-refractivity contribution in [3.05, 3.63) is 82.2 Å². The first-order valence-electron chi connectivity index (χ1n) is 10.3. The van der Waals surface area contributed by atoms with Gasteiger partial charge >= 0.3 is 0 Å². The number of aromatic nitrogens is 1. The second-order valence-electron chi connectivity index (χ2n) is 8.81. The zero-order valence-electron chi connectivity index (χ0n) is 17.6. The van der Waals surface area contributed by atoms with Gasteiger partial charge in [-0.2, -0.15) is 5.26 Å². The summed E-state index contributed by atoms with van der Waals surface area (Å²) in [6, 6.07) is 17.6. The number of hydrogen-bond donors (Lipinski definition) is 0. The van der Waals surface area contributed by atoms with Crippen molar-refractivity contribution in [2.75, 3.05) is 0 Å². The summed E-state index contributed by atoms with van der Waals surface area (Å²) >= 11 is 1.56. The van der Waals surface area contributed by atoms with Crippen LogP contribution in [0.5, 0.6) is 0 Å². The van der Waals surface area contributed by atoms with E-state index in [9.17, 15) is 9.65 Å². The molecule has 0 amide bonds. The first-order valence-corrected chi connectivity index (χ1v) is 11.3. The van der Waals surface area contributed by atoms with E-state index in [2.05, 4.69) is 51.1 Å². The smallest absolute Gasteiger partial charge is 0.123 e. The number of thioether (sulfide) groups is 1. The average molecular weight is 417 g/mol. The van der Waals surface area contributed by atoms with Crippen LogP contribution in [0.2, 0.25) is 0 Å². The molecule has 0 saturated heterocycles. The van der Waals surface area contributed by atoms with Crippen molar-refractivity contribution < 1.29 is 4.39 Å². The summed E-state index contributed by atoms with van der Waals surface area (Å²) in [7, 11) is 0. The third kappa shape index (κ3) is 4.13. The Morgan fingerprint density at radius 2 is 1.67 bits per heavy atom. The van der Waals surface area contributed by atoms with Crippen LogP contribution in [0.25, 0.3) is 11.3 Å². The number of nitrogens with zero attached hydrogens (tertiary/aromatic N) is 2. The fraction of sp³-hybridized carbons (Fsp3) is 0.308. The number of benzene rings is 2. The number of hydrogen-bond acceptors (Lipinski definition) is 3. The molecule has 4 heteroatoms. The van der Waals surface area contributed by atoms with Crippen LogP contribution < -0.4 is 0 Å². The van der Waals surface area contributed by atoms with E-state index in [0.717, 1.165) is 46.7 Å². The molecule has 1 aromatic heterocycles. The van der Waals surface area contributed by atoms with Gasteiger partial charge in [-0.15, -0.1) is 11.8 Å². The minimum absolute atomic E-state index is 0.106. The molecule has 0 N–H and O–H groups in total. The summed E-state index contributed by atoms with van der Waals surface area (Å²) in [6.45, 7) is 6.64. The van der Waals surface area contributed by atoms with E-state index < -0.39 is 0 Å². The zero-order valence-corrected chi connectivity index (χ0v) is 18.4. The van der Waals surface area contributed by atoms with Crippen LogP contribution in [0.15, 0.2) is 53.6 Å². The highest BCUT2D eigenvalue weighted by atomic mass is 32.2. The molecular formula is C26H25FN2S. The molecule has 1 aliphatic rings. The summed E-state index contributed by atoms with van der Waals surface area (Å²) in [5, 5.41) is 10.6. The fourth-order valence-corrected chi connectivity index (χ4v) is 4.92. The standard InChI is InChI=1S/C26H25FN2S/c1-26(2,3)19-11-9-18(10-12-19)24-22-6-4-5-21(22)23(15-28)25(29-24)30-16-17-7-13-20(27)14-8-17/h7-14H,4-6,16H2,1-3H3. The monoisotopic (exact) mass is 416 g/mol. The lowest BCUT2D eigenvalue weighted by atomic mass is 9.86. The Bertz CT molecular complexity index is 1100. The van der Waals surface area contributed by atoms with Crippen LogP contribution in [0, 0.1) is 17.1 Å².